The highest BCUT2D eigenvalue weighted by Crippen LogP contribution is 2.29. The second kappa shape index (κ2) is 6.56. The minimum atomic E-state index is -4.47. The molecule has 0 bridgehead atoms. The van der Waals surface area contributed by atoms with Gasteiger partial charge in [0.2, 0.25) is 0 Å². The second-order valence-corrected chi connectivity index (χ2v) is 5.43. The zero-order chi connectivity index (χ0) is 17.2. The SMILES string of the molecule is O=C(c1ccc(C(F)(F)F)cn1)N1CCNCC1c1cccnc1. The average Bonchev–Trinajstić information content (AvgIpc) is 2.61. The number of nitrogens with one attached hydrogen (secondary N) is 1. The average molecular weight is 336 g/mol. The van der Waals surface area contributed by atoms with Gasteiger partial charge in [0, 0.05) is 38.2 Å². The number of amides is 1. The van der Waals surface area contributed by atoms with E-state index < -0.39 is 11.7 Å². The zero-order valence-electron chi connectivity index (χ0n) is 12.6. The molecule has 3 heterocycles. The van der Waals surface area contributed by atoms with E-state index in [-0.39, 0.29) is 17.6 Å². The quantitative estimate of drug-likeness (QED) is 0.914. The van der Waals surface area contributed by atoms with Crippen LogP contribution in [0.25, 0.3) is 0 Å². The molecular formula is C16H15F3N4O. The molecule has 0 aromatic carbocycles. The summed E-state index contributed by atoms with van der Waals surface area (Å²) in [5.41, 5.74) is -0.00748. The first kappa shape index (κ1) is 16.4. The van der Waals surface area contributed by atoms with Crippen molar-refractivity contribution in [2.24, 2.45) is 0 Å². The third-order valence-corrected chi connectivity index (χ3v) is 3.88. The van der Waals surface area contributed by atoms with E-state index in [1.54, 1.807) is 23.4 Å². The molecule has 0 saturated carbocycles. The summed E-state index contributed by atoms with van der Waals surface area (Å²) in [5.74, 6) is -0.390. The number of nitrogens with zero attached hydrogens (tertiary/aromatic N) is 3. The van der Waals surface area contributed by atoms with Crippen molar-refractivity contribution in [1.29, 1.82) is 0 Å². The van der Waals surface area contributed by atoms with Crippen LogP contribution in [0.3, 0.4) is 0 Å². The number of pyridine rings is 2. The maximum atomic E-state index is 12.7. The van der Waals surface area contributed by atoms with Crippen LogP contribution in [0.5, 0.6) is 0 Å². The number of hydrogen-bond acceptors (Lipinski definition) is 4. The van der Waals surface area contributed by atoms with Crippen LogP contribution < -0.4 is 5.32 Å². The van der Waals surface area contributed by atoms with Gasteiger partial charge in [-0.3, -0.25) is 14.8 Å². The Kier molecular flexibility index (Phi) is 4.48. The topological polar surface area (TPSA) is 58.1 Å². The van der Waals surface area contributed by atoms with Crippen molar-refractivity contribution in [1.82, 2.24) is 20.2 Å². The molecule has 8 heteroatoms. The fourth-order valence-corrected chi connectivity index (χ4v) is 2.65. The Morgan fingerprint density at radius 2 is 2.08 bits per heavy atom. The van der Waals surface area contributed by atoms with E-state index in [1.807, 2.05) is 6.07 Å². The lowest BCUT2D eigenvalue weighted by Gasteiger charge is -2.36. The number of carbonyl (C=O) groups excluding carboxylic acids is 1. The van der Waals surface area contributed by atoms with Crippen molar-refractivity contribution < 1.29 is 18.0 Å². The van der Waals surface area contributed by atoms with E-state index >= 15 is 0 Å². The molecule has 1 unspecified atom stereocenters. The molecule has 1 fully saturated rings. The van der Waals surface area contributed by atoms with Gasteiger partial charge in [-0.2, -0.15) is 13.2 Å². The maximum absolute atomic E-state index is 12.7. The number of alkyl halides is 3. The van der Waals surface area contributed by atoms with Crippen molar-refractivity contribution in [3.63, 3.8) is 0 Å². The van der Waals surface area contributed by atoms with Crippen LogP contribution in [-0.4, -0.2) is 40.4 Å². The van der Waals surface area contributed by atoms with Gasteiger partial charge in [-0.05, 0) is 23.8 Å². The Hall–Kier alpha value is -2.48. The summed E-state index contributed by atoms with van der Waals surface area (Å²) >= 11 is 0. The van der Waals surface area contributed by atoms with Crippen molar-refractivity contribution in [2.75, 3.05) is 19.6 Å². The number of halogens is 3. The number of rotatable bonds is 2. The first-order chi connectivity index (χ1) is 11.5. The third-order valence-electron chi connectivity index (χ3n) is 3.88. The molecule has 1 saturated heterocycles. The third kappa shape index (κ3) is 3.38. The van der Waals surface area contributed by atoms with Gasteiger partial charge in [0.1, 0.15) is 5.69 Å². The molecule has 0 spiro atoms. The normalized spacial score (nSPS) is 18.5. The smallest absolute Gasteiger partial charge is 0.328 e. The van der Waals surface area contributed by atoms with Crippen LogP contribution in [0.1, 0.15) is 27.7 Å². The molecule has 1 N–H and O–H groups in total. The van der Waals surface area contributed by atoms with Crippen LogP contribution in [0.2, 0.25) is 0 Å². The molecule has 2 aromatic rings. The lowest BCUT2D eigenvalue weighted by Crippen LogP contribution is -2.48. The van der Waals surface area contributed by atoms with Crippen LogP contribution in [0, 0.1) is 0 Å². The predicted octanol–water partition coefficient (Wildman–Crippen LogP) is 2.28. The Morgan fingerprint density at radius 3 is 2.71 bits per heavy atom. The first-order valence-corrected chi connectivity index (χ1v) is 7.41. The molecule has 1 aliphatic rings. The largest absolute Gasteiger partial charge is 0.417 e. The van der Waals surface area contributed by atoms with Gasteiger partial charge in [-0.15, -0.1) is 0 Å². The summed E-state index contributed by atoms with van der Waals surface area (Å²) < 4.78 is 37.8. The Labute approximate surface area is 136 Å². The van der Waals surface area contributed by atoms with E-state index in [0.29, 0.717) is 25.8 Å². The minimum absolute atomic E-state index is 0.00112. The van der Waals surface area contributed by atoms with Gasteiger partial charge in [-0.1, -0.05) is 6.07 Å². The van der Waals surface area contributed by atoms with Gasteiger partial charge in [-0.25, -0.2) is 0 Å². The predicted molar refractivity (Wildman–Crippen MR) is 80.1 cm³/mol. The summed E-state index contributed by atoms with van der Waals surface area (Å²) in [6.45, 7) is 1.61. The van der Waals surface area contributed by atoms with Crippen molar-refractivity contribution in [2.45, 2.75) is 12.2 Å². The van der Waals surface area contributed by atoms with E-state index in [2.05, 4.69) is 15.3 Å². The molecule has 1 aliphatic heterocycles. The summed E-state index contributed by atoms with van der Waals surface area (Å²) in [5, 5.41) is 3.21. The van der Waals surface area contributed by atoms with Gasteiger partial charge in [0.05, 0.1) is 11.6 Å². The van der Waals surface area contributed by atoms with Crippen molar-refractivity contribution >= 4 is 5.91 Å². The van der Waals surface area contributed by atoms with Crippen molar-refractivity contribution in [3.8, 4) is 0 Å². The van der Waals surface area contributed by atoms with Crippen LogP contribution in [0.4, 0.5) is 13.2 Å². The molecule has 126 valence electrons. The Morgan fingerprint density at radius 1 is 1.25 bits per heavy atom. The molecule has 5 nitrogen and oxygen atoms in total. The Bertz CT molecular complexity index is 704. The fourth-order valence-electron chi connectivity index (χ4n) is 2.65. The van der Waals surface area contributed by atoms with Gasteiger partial charge in [0.15, 0.2) is 0 Å². The van der Waals surface area contributed by atoms with E-state index in [0.717, 1.165) is 17.7 Å². The number of carbonyl (C=O) groups is 1. The summed E-state index contributed by atoms with van der Waals surface area (Å²) in [4.78, 5) is 22.1. The lowest BCUT2D eigenvalue weighted by molar-refractivity contribution is -0.137. The van der Waals surface area contributed by atoms with Crippen LogP contribution in [-0.2, 0) is 6.18 Å². The monoisotopic (exact) mass is 336 g/mol. The molecule has 2 aromatic heterocycles. The molecule has 1 amide bonds. The molecular weight excluding hydrogens is 321 g/mol. The summed E-state index contributed by atoms with van der Waals surface area (Å²) in [6, 6.07) is 5.41. The van der Waals surface area contributed by atoms with E-state index in [1.165, 1.54) is 0 Å². The number of piperazine rings is 1. The first-order valence-electron chi connectivity index (χ1n) is 7.41. The number of aromatic nitrogens is 2. The molecule has 1 atom stereocenters. The molecule has 0 radical (unpaired) electrons. The van der Waals surface area contributed by atoms with Gasteiger partial charge >= 0.3 is 6.18 Å². The van der Waals surface area contributed by atoms with Gasteiger partial charge < -0.3 is 10.2 Å². The molecule has 3 rings (SSSR count). The van der Waals surface area contributed by atoms with Crippen LogP contribution in [0.15, 0.2) is 42.9 Å². The van der Waals surface area contributed by atoms with Crippen molar-refractivity contribution in [3.05, 3.63) is 59.7 Å². The fraction of sp³-hybridized carbons (Fsp3) is 0.312. The van der Waals surface area contributed by atoms with E-state index in [9.17, 15) is 18.0 Å². The molecule has 24 heavy (non-hydrogen) atoms. The highest BCUT2D eigenvalue weighted by atomic mass is 19.4. The minimum Gasteiger partial charge on any atom is -0.328 e. The summed E-state index contributed by atoms with van der Waals surface area (Å²) in [6.07, 6.45) is -0.460. The second-order valence-electron chi connectivity index (χ2n) is 5.43. The summed E-state index contributed by atoms with van der Waals surface area (Å²) in [7, 11) is 0. The van der Waals surface area contributed by atoms with E-state index in [4.69, 9.17) is 0 Å². The highest BCUT2D eigenvalue weighted by Gasteiger charge is 2.32. The number of hydrogen-bond donors (Lipinski definition) is 1. The Balaban J connectivity index is 1.84. The lowest BCUT2D eigenvalue weighted by atomic mass is 10.0. The van der Waals surface area contributed by atoms with Crippen LogP contribution >= 0.6 is 0 Å². The highest BCUT2D eigenvalue weighted by molar-refractivity contribution is 5.92. The van der Waals surface area contributed by atoms with Gasteiger partial charge in [0.25, 0.3) is 5.91 Å². The zero-order valence-corrected chi connectivity index (χ0v) is 12.6. The maximum Gasteiger partial charge on any atom is 0.417 e. The molecule has 0 aliphatic carbocycles. The standard InChI is InChI=1S/C16H15F3N4O/c17-16(18,19)12-3-4-13(22-9-12)15(24)23-7-6-21-10-14(23)11-2-1-5-20-8-11/h1-5,8-9,14,21H,6-7,10H2.